The van der Waals surface area contributed by atoms with E-state index in [-0.39, 0.29) is 28.9 Å². The van der Waals surface area contributed by atoms with Gasteiger partial charge in [0.05, 0.1) is 6.61 Å². The molecule has 1 aliphatic heterocycles. The van der Waals surface area contributed by atoms with Gasteiger partial charge in [-0.3, -0.25) is 18.7 Å². The number of aromatic amines is 1. The number of hydrogen-bond donors (Lipinski definition) is 1. The number of carbonyl (C=O) groups excluding carboxylic acids is 1. The number of aromatic nitrogens is 4. The maximum absolute atomic E-state index is 13.2. The first-order valence-corrected chi connectivity index (χ1v) is 12.9. The van der Waals surface area contributed by atoms with E-state index in [1.54, 1.807) is 21.6 Å². The summed E-state index contributed by atoms with van der Waals surface area (Å²) >= 11 is 0. The molecule has 0 bridgehead atoms. The van der Waals surface area contributed by atoms with E-state index in [1.807, 2.05) is 38.1 Å². The van der Waals surface area contributed by atoms with E-state index in [0.717, 1.165) is 12.0 Å². The lowest BCUT2D eigenvalue weighted by molar-refractivity contribution is -0.117. The fourth-order valence-corrected chi connectivity index (χ4v) is 4.84. The standard InChI is InChI=1S/C28H30FN5O4/c1-3-13-32-26-24(27(36)33(14-4-2)28(32)37)30-25(31-26)19-5-11-22(12-6-19)38-17-18-15-23(35)34(16-18)21-9-7-20(29)8-10-21/h5-12,18H,3-4,13-17H2,1-2H3,(H,30,31). The maximum atomic E-state index is 13.2. The third-order valence-corrected chi connectivity index (χ3v) is 6.71. The molecule has 1 N–H and O–H groups in total. The Hall–Kier alpha value is -4.21. The third kappa shape index (κ3) is 4.85. The van der Waals surface area contributed by atoms with Gasteiger partial charge in [-0.25, -0.2) is 14.2 Å². The highest BCUT2D eigenvalue weighted by Crippen LogP contribution is 2.27. The lowest BCUT2D eigenvalue weighted by Crippen LogP contribution is -2.40. The quantitative estimate of drug-likeness (QED) is 0.361. The summed E-state index contributed by atoms with van der Waals surface area (Å²) in [7, 11) is 0. The van der Waals surface area contributed by atoms with Crippen LogP contribution >= 0.6 is 0 Å². The van der Waals surface area contributed by atoms with E-state index in [2.05, 4.69) is 9.97 Å². The van der Waals surface area contributed by atoms with Gasteiger partial charge in [-0.05, 0) is 61.4 Å². The average molecular weight is 520 g/mol. The number of H-pyrrole nitrogens is 1. The Morgan fingerprint density at radius 2 is 1.66 bits per heavy atom. The largest absolute Gasteiger partial charge is 0.493 e. The number of nitrogens with zero attached hydrogens (tertiary/aromatic N) is 4. The Kier molecular flexibility index (Phi) is 7.13. The molecule has 10 heteroatoms. The molecule has 198 valence electrons. The predicted octanol–water partition coefficient (Wildman–Crippen LogP) is 3.94. The predicted molar refractivity (Wildman–Crippen MR) is 143 cm³/mol. The molecule has 0 spiro atoms. The minimum atomic E-state index is -0.362. The molecule has 0 aliphatic carbocycles. The Labute approximate surface area is 218 Å². The molecule has 38 heavy (non-hydrogen) atoms. The monoisotopic (exact) mass is 519 g/mol. The van der Waals surface area contributed by atoms with Crippen LogP contribution in [0.5, 0.6) is 5.75 Å². The molecule has 3 heterocycles. The van der Waals surface area contributed by atoms with Gasteiger partial charge in [0.15, 0.2) is 5.65 Å². The molecule has 1 fully saturated rings. The molecule has 4 aromatic rings. The second-order valence-corrected chi connectivity index (χ2v) is 9.56. The zero-order chi connectivity index (χ0) is 26.8. The van der Waals surface area contributed by atoms with E-state index in [9.17, 15) is 18.8 Å². The molecule has 1 aliphatic rings. The van der Waals surface area contributed by atoms with Gasteiger partial charge in [0.1, 0.15) is 22.9 Å². The molecule has 5 rings (SSSR count). The molecule has 2 aromatic heterocycles. The normalized spacial score (nSPS) is 15.5. The van der Waals surface area contributed by atoms with Crippen LogP contribution in [0.25, 0.3) is 22.6 Å². The topological polar surface area (TPSA) is 102 Å². The highest BCUT2D eigenvalue weighted by molar-refractivity contribution is 5.95. The summed E-state index contributed by atoms with van der Waals surface area (Å²) < 4.78 is 22.0. The van der Waals surface area contributed by atoms with Crippen LogP contribution in [0, 0.1) is 11.7 Å². The summed E-state index contributed by atoms with van der Waals surface area (Å²) in [6, 6.07) is 13.2. The van der Waals surface area contributed by atoms with E-state index < -0.39 is 0 Å². The van der Waals surface area contributed by atoms with Crippen molar-refractivity contribution in [2.45, 2.75) is 46.2 Å². The van der Waals surface area contributed by atoms with Crippen LogP contribution in [0.1, 0.15) is 33.1 Å². The second kappa shape index (κ2) is 10.6. The molecule has 1 amide bonds. The summed E-state index contributed by atoms with van der Waals surface area (Å²) in [6.45, 7) is 5.60. The molecule has 1 atom stereocenters. The first-order chi connectivity index (χ1) is 18.4. The van der Waals surface area contributed by atoms with Crippen LogP contribution in [0.3, 0.4) is 0 Å². The Balaban J connectivity index is 1.31. The van der Waals surface area contributed by atoms with Gasteiger partial charge in [0.2, 0.25) is 5.91 Å². The van der Waals surface area contributed by atoms with Crippen LogP contribution in [0.2, 0.25) is 0 Å². The van der Waals surface area contributed by atoms with Crippen molar-refractivity contribution in [1.82, 2.24) is 19.1 Å². The molecule has 0 saturated carbocycles. The maximum Gasteiger partial charge on any atom is 0.332 e. The van der Waals surface area contributed by atoms with Gasteiger partial charge in [0, 0.05) is 43.2 Å². The van der Waals surface area contributed by atoms with Crippen molar-refractivity contribution in [3.8, 4) is 17.1 Å². The highest BCUT2D eigenvalue weighted by Gasteiger charge is 2.31. The zero-order valence-corrected chi connectivity index (χ0v) is 21.4. The highest BCUT2D eigenvalue weighted by atomic mass is 19.1. The number of aryl methyl sites for hydroxylation is 1. The van der Waals surface area contributed by atoms with Crippen molar-refractivity contribution >= 4 is 22.8 Å². The molecule has 2 aromatic carbocycles. The van der Waals surface area contributed by atoms with Crippen LogP contribution in [0.4, 0.5) is 10.1 Å². The number of amides is 1. The Bertz CT molecular complexity index is 1570. The average Bonchev–Trinajstić information content (AvgIpc) is 3.53. The number of benzene rings is 2. The molecular formula is C28H30FN5O4. The van der Waals surface area contributed by atoms with E-state index in [4.69, 9.17) is 4.74 Å². The molecule has 0 radical (unpaired) electrons. The number of hydrogen-bond acceptors (Lipinski definition) is 5. The number of halogens is 1. The van der Waals surface area contributed by atoms with Crippen LogP contribution in [-0.4, -0.2) is 38.2 Å². The summed E-state index contributed by atoms with van der Waals surface area (Å²) in [5, 5.41) is 0. The number of ether oxygens (including phenoxy) is 1. The van der Waals surface area contributed by atoms with Crippen molar-refractivity contribution in [2.24, 2.45) is 5.92 Å². The lowest BCUT2D eigenvalue weighted by Gasteiger charge is -2.17. The van der Waals surface area contributed by atoms with Crippen molar-refractivity contribution in [1.29, 1.82) is 0 Å². The SMILES string of the molecule is CCCn1c(=O)c2[nH]c(-c3ccc(OCC4CC(=O)N(c5ccc(F)cc5)C4)cc3)nc2n(CCC)c1=O. The van der Waals surface area contributed by atoms with Crippen LogP contribution < -0.4 is 20.9 Å². The Morgan fingerprint density at radius 1 is 0.974 bits per heavy atom. The number of fused-ring (bicyclic) bond motifs is 1. The number of carbonyl (C=O) groups is 1. The first kappa shape index (κ1) is 25.4. The van der Waals surface area contributed by atoms with Gasteiger partial charge >= 0.3 is 5.69 Å². The van der Waals surface area contributed by atoms with E-state index in [1.165, 1.54) is 16.7 Å². The minimum Gasteiger partial charge on any atom is -0.493 e. The Morgan fingerprint density at radius 3 is 2.34 bits per heavy atom. The third-order valence-electron chi connectivity index (χ3n) is 6.71. The molecular weight excluding hydrogens is 489 g/mol. The number of anilines is 1. The number of nitrogens with one attached hydrogen (secondary N) is 1. The van der Waals surface area contributed by atoms with Crippen LogP contribution in [-0.2, 0) is 17.9 Å². The number of rotatable bonds is 9. The van der Waals surface area contributed by atoms with Crippen LogP contribution in [0.15, 0.2) is 58.1 Å². The lowest BCUT2D eigenvalue weighted by atomic mass is 10.1. The fraction of sp³-hybridized carbons (Fsp3) is 0.357. The van der Waals surface area contributed by atoms with Crippen molar-refractivity contribution < 1.29 is 13.9 Å². The summed E-state index contributed by atoms with van der Waals surface area (Å²) in [5.41, 5.74) is 1.42. The molecule has 1 saturated heterocycles. The van der Waals surface area contributed by atoms with Gasteiger partial charge in [-0.1, -0.05) is 13.8 Å². The van der Waals surface area contributed by atoms with Gasteiger partial charge in [-0.15, -0.1) is 0 Å². The van der Waals surface area contributed by atoms with E-state index >= 15 is 0 Å². The minimum absolute atomic E-state index is 0.00927. The van der Waals surface area contributed by atoms with Gasteiger partial charge in [0.25, 0.3) is 5.56 Å². The summed E-state index contributed by atoms with van der Waals surface area (Å²) in [6.07, 6.45) is 1.78. The fourth-order valence-electron chi connectivity index (χ4n) is 4.84. The van der Waals surface area contributed by atoms with Gasteiger partial charge < -0.3 is 14.6 Å². The second-order valence-electron chi connectivity index (χ2n) is 9.56. The van der Waals surface area contributed by atoms with Crippen molar-refractivity contribution in [3.05, 3.63) is 75.2 Å². The van der Waals surface area contributed by atoms with E-state index in [0.29, 0.717) is 67.5 Å². The molecule has 1 unspecified atom stereocenters. The number of imidazole rings is 1. The smallest absolute Gasteiger partial charge is 0.332 e. The van der Waals surface area contributed by atoms with Crippen molar-refractivity contribution in [2.75, 3.05) is 18.1 Å². The zero-order valence-electron chi connectivity index (χ0n) is 21.4. The first-order valence-electron chi connectivity index (χ1n) is 12.9. The van der Waals surface area contributed by atoms with Crippen molar-refractivity contribution in [3.63, 3.8) is 0 Å². The molecule has 9 nitrogen and oxygen atoms in total. The summed E-state index contributed by atoms with van der Waals surface area (Å²) in [5.74, 6) is 0.813. The van der Waals surface area contributed by atoms with Gasteiger partial charge in [-0.2, -0.15) is 0 Å². The summed E-state index contributed by atoms with van der Waals surface area (Å²) in [4.78, 5) is 47.7.